The summed E-state index contributed by atoms with van der Waals surface area (Å²) in [6.45, 7) is 2.34. The minimum atomic E-state index is -3.78. The lowest BCUT2D eigenvalue weighted by Crippen LogP contribution is -2.18. The quantitative estimate of drug-likeness (QED) is 0.335. The van der Waals surface area contributed by atoms with Gasteiger partial charge in [0.1, 0.15) is 5.75 Å². The van der Waals surface area contributed by atoms with E-state index in [1.807, 2.05) is 37.3 Å². The molecule has 2 N–H and O–H groups in total. The van der Waals surface area contributed by atoms with Crippen LogP contribution in [0.5, 0.6) is 5.75 Å². The second kappa shape index (κ2) is 11.3. The fourth-order valence-corrected chi connectivity index (χ4v) is 3.98. The molecule has 0 radical (unpaired) electrons. The van der Waals surface area contributed by atoms with Gasteiger partial charge in [-0.3, -0.25) is 9.52 Å². The van der Waals surface area contributed by atoms with E-state index in [9.17, 15) is 13.2 Å². The smallest absolute Gasteiger partial charge is 0.271 e. The van der Waals surface area contributed by atoms with Gasteiger partial charge in [0.25, 0.3) is 15.9 Å². The lowest BCUT2D eigenvalue weighted by Gasteiger charge is -2.09. The summed E-state index contributed by atoms with van der Waals surface area (Å²) >= 11 is 6.09. The first-order valence-electron chi connectivity index (χ1n) is 9.99. The molecule has 0 fully saturated rings. The Morgan fingerprint density at radius 3 is 2.30 bits per heavy atom. The predicted octanol–water partition coefficient (Wildman–Crippen LogP) is 4.88. The number of nitrogens with one attached hydrogen (secondary N) is 2. The number of nitrogens with zero attached hydrogens (tertiary/aromatic N) is 1. The number of amides is 1. The molecule has 0 saturated heterocycles. The average Bonchev–Trinajstić information content (AvgIpc) is 2.80. The van der Waals surface area contributed by atoms with E-state index in [0.29, 0.717) is 28.6 Å². The van der Waals surface area contributed by atoms with Crippen LogP contribution in [0.15, 0.2) is 93.9 Å². The molecule has 0 aliphatic heterocycles. The third kappa shape index (κ3) is 7.20. The monoisotopic (exact) mass is 483 g/mol. The van der Waals surface area contributed by atoms with Crippen LogP contribution < -0.4 is 14.9 Å². The van der Waals surface area contributed by atoms with E-state index in [1.54, 1.807) is 18.2 Å². The van der Waals surface area contributed by atoms with Gasteiger partial charge in [0.2, 0.25) is 0 Å². The van der Waals surface area contributed by atoms with Crippen LogP contribution in [0.2, 0.25) is 0 Å². The minimum Gasteiger partial charge on any atom is -0.494 e. The number of sulfonamides is 1. The molecule has 0 heterocycles. The highest BCUT2D eigenvalue weighted by atomic mass is 35.5. The van der Waals surface area contributed by atoms with Crippen LogP contribution in [0.1, 0.15) is 22.8 Å². The third-order valence-corrected chi connectivity index (χ3v) is 5.91. The molecule has 0 aliphatic rings. The maximum absolute atomic E-state index is 12.6. The van der Waals surface area contributed by atoms with Crippen molar-refractivity contribution in [1.82, 2.24) is 5.43 Å². The zero-order chi connectivity index (χ0) is 23.7. The van der Waals surface area contributed by atoms with E-state index in [2.05, 4.69) is 15.2 Å². The van der Waals surface area contributed by atoms with Crippen molar-refractivity contribution >= 4 is 45.5 Å². The molecular formula is C24H22ClN3O4S. The zero-order valence-electron chi connectivity index (χ0n) is 17.7. The Balaban J connectivity index is 1.58. The van der Waals surface area contributed by atoms with Crippen molar-refractivity contribution in [3.63, 3.8) is 0 Å². The molecule has 0 atom stereocenters. The maximum Gasteiger partial charge on any atom is 0.271 e. The molecule has 0 bridgehead atoms. The van der Waals surface area contributed by atoms with Gasteiger partial charge in [0.05, 0.1) is 22.7 Å². The molecule has 3 aromatic rings. The molecule has 0 unspecified atom stereocenters. The Morgan fingerprint density at radius 2 is 1.67 bits per heavy atom. The van der Waals surface area contributed by atoms with E-state index in [-0.39, 0.29) is 4.90 Å². The number of anilines is 1. The molecule has 0 aromatic heterocycles. The van der Waals surface area contributed by atoms with E-state index in [1.165, 1.54) is 42.6 Å². The van der Waals surface area contributed by atoms with Gasteiger partial charge in [0.15, 0.2) is 0 Å². The molecule has 0 aliphatic carbocycles. The predicted molar refractivity (Wildman–Crippen MR) is 131 cm³/mol. The highest BCUT2D eigenvalue weighted by molar-refractivity contribution is 7.92. The molecule has 9 heteroatoms. The molecule has 0 spiro atoms. The van der Waals surface area contributed by atoms with Gasteiger partial charge in [-0.25, -0.2) is 13.8 Å². The number of hydrogen-bond donors (Lipinski definition) is 2. The Morgan fingerprint density at radius 1 is 1.00 bits per heavy atom. The van der Waals surface area contributed by atoms with Gasteiger partial charge in [-0.15, -0.1) is 0 Å². The maximum atomic E-state index is 12.6. The van der Waals surface area contributed by atoms with Gasteiger partial charge < -0.3 is 4.74 Å². The van der Waals surface area contributed by atoms with Crippen LogP contribution in [0, 0.1) is 0 Å². The first-order chi connectivity index (χ1) is 15.9. The normalized spacial score (nSPS) is 11.9. The van der Waals surface area contributed by atoms with Gasteiger partial charge >= 0.3 is 0 Å². The summed E-state index contributed by atoms with van der Waals surface area (Å²) in [6.07, 6.45) is 3.04. The van der Waals surface area contributed by atoms with Crippen molar-refractivity contribution in [1.29, 1.82) is 0 Å². The van der Waals surface area contributed by atoms with Gasteiger partial charge in [-0.2, -0.15) is 5.10 Å². The molecular weight excluding hydrogens is 462 g/mol. The molecule has 0 saturated carbocycles. The molecule has 1 amide bonds. The van der Waals surface area contributed by atoms with Crippen LogP contribution in [0.4, 0.5) is 5.69 Å². The average molecular weight is 484 g/mol. The Kier molecular flexibility index (Phi) is 8.23. The molecule has 7 nitrogen and oxygen atoms in total. The summed E-state index contributed by atoms with van der Waals surface area (Å²) in [5.41, 5.74) is 3.91. The number of rotatable bonds is 9. The van der Waals surface area contributed by atoms with Crippen LogP contribution >= 0.6 is 11.6 Å². The van der Waals surface area contributed by atoms with E-state index in [4.69, 9.17) is 16.3 Å². The molecule has 33 heavy (non-hydrogen) atoms. The Bertz CT molecular complexity index is 1240. The number of hydrogen-bond acceptors (Lipinski definition) is 5. The first kappa shape index (κ1) is 24.0. The fraction of sp³-hybridized carbons (Fsp3) is 0.0833. The first-order valence-corrected chi connectivity index (χ1v) is 11.8. The summed E-state index contributed by atoms with van der Waals surface area (Å²) in [5, 5.41) is 4.19. The van der Waals surface area contributed by atoms with E-state index in [0.717, 1.165) is 5.56 Å². The highest BCUT2D eigenvalue weighted by Crippen LogP contribution is 2.20. The fourth-order valence-electron chi connectivity index (χ4n) is 2.75. The van der Waals surface area contributed by atoms with E-state index >= 15 is 0 Å². The van der Waals surface area contributed by atoms with Gasteiger partial charge in [0, 0.05) is 11.3 Å². The van der Waals surface area contributed by atoms with Crippen LogP contribution in [0.25, 0.3) is 6.08 Å². The molecule has 3 aromatic carbocycles. The number of allylic oxidation sites excluding steroid dienone is 1. The summed E-state index contributed by atoms with van der Waals surface area (Å²) in [6, 6.07) is 21.5. The van der Waals surface area contributed by atoms with Crippen molar-refractivity contribution in [2.45, 2.75) is 11.8 Å². The molecule has 170 valence electrons. The van der Waals surface area contributed by atoms with Crippen molar-refractivity contribution in [3.8, 4) is 5.75 Å². The standard InChI is InChI=1S/C24H22ClN3O4S/c1-2-32-22-12-14-23(15-13-22)33(30,31)28-21-10-8-19(9-11-21)24(29)27-26-17-20(25)16-18-6-4-3-5-7-18/h3-17,28H,2H2,1H3,(H,27,29)/b20-16-,26-17-. The zero-order valence-corrected chi connectivity index (χ0v) is 19.3. The van der Waals surface area contributed by atoms with Crippen LogP contribution in [-0.4, -0.2) is 27.1 Å². The summed E-state index contributed by atoms with van der Waals surface area (Å²) in [7, 11) is -3.78. The second-order valence-electron chi connectivity index (χ2n) is 6.73. The Labute approximate surface area is 197 Å². The number of benzene rings is 3. The van der Waals surface area contributed by atoms with Crippen molar-refractivity contribution < 1.29 is 17.9 Å². The van der Waals surface area contributed by atoms with Crippen molar-refractivity contribution in [2.75, 3.05) is 11.3 Å². The molecule has 3 rings (SSSR count). The largest absolute Gasteiger partial charge is 0.494 e. The second-order valence-corrected chi connectivity index (χ2v) is 8.85. The number of hydrazone groups is 1. The summed E-state index contributed by atoms with van der Waals surface area (Å²) in [4.78, 5) is 12.3. The lowest BCUT2D eigenvalue weighted by atomic mass is 10.2. The van der Waals surface area contributed by atoms with Gasteiger partial charge in [-0.1, -0.05) is 41.9 Å². The number of ether oxygens (including phenoxy) is 1. The summed E-state index contributed by atoms with van der Waals surface area (Å²) in [5.74, 6) is 0.127. The van der Waals surface area contributed by atoms with E-state index < -0.39 is 15.9 Å². The number of carbonyl (C=O) groups excluding carboxylic acids is 1. The van der Waals surface area contributed by atoms with Gasteiger partial charge in [-0.05, 0) is 67.1 Å². The van der Waals surface area contributed by atoms with Crippen molar-refractivity contribution in [2.24, 2.45) is 5.10 Å². The van der Waals surface area contributed by atoms with Crippen molar-refractivity contribution in [3.05, 3.63) is 95.0 Å². The number of halogens is 1. The SMILES string of the molecule is CCOc1ccc(S(=O)(=O)Nc2ccc(C(=O)N/N=C\C(Cl)=C\c3ccccc3)cc2)cc1. The van der Waals surface area contributed by atoms with Crippen LogP contribution in [0.3, 0.4) is 0 Å². The Hall–Kier alpha value is -3.62. The summed E-state index contributed by atoms with van der Waals surface area (Å²) < 4.78 is 32.9. The van der Waals surface area contributed by atoms with Crippen LogP contribution in [-0.2, 0) is 10.0 Å². The number of carbonyl (C=O) groups is 1. The highest BCUT2D eigenvalue weighted by Gasteiger charge is 2.14. The third-order valence-electron chi connectivity index (χ3n) is 4.30. The lowest BCUT2D eigenvalue weighted by molar-refractivity contribution is 0.0955. The topological polar surface area (TPSA) is 96.9 Å². The minimum absolute atomic E-state index is 0.0996.